The number of aryl methyl sites for hydroxylation is 1. The molecule has 0 aliphatic rings. The van der Waals surface area contributed by atoms with Crippen molar-refractivity contribution in [3.63, 3.8) is 0 Å². The molecule has 0 aromatic heterocycles. The Morgan fingerprint density at radius 2 is 1.78 bits per heavy atom. The summed E-state index contributed by atoms with van der Waals surface area (Å²) >= 11 is 2.85. The van der Waals surface area contributed by atoms with Crippen LogP contribution in [-0.2, 0) is 11.0 Å². The number of rotatable bonds is 3. The van der Waals surface area contributed by atoms with E-state index in [0.717, 1.165) is 17.2 Å². The van der Waals surface area contributed by atoms with E-state index < -0.39 is 17.6 Å². The highest BCUT2D eigenvalue weighted by molar-refractivity contribution is 9.10. The topological polar surface area (TPSA) is 29.1 Å². The zero-order chi connectivity index (χ0) is 17.0. The van der Waals surface area contributed by atoms with E-state index in [0.29, 0.717) is 0 Å². The van der Waals surface area contributed by atoms with Crippen LogP contribution in [0.1, 0.15) is 16.7 Å². The Hall–Kier alpha value is -2.08. The van der Waals surface area contributed by atoms with Crippen molar-refractivity contribution < 1.29 is 18.0 Å². The van der Waals surface area contributed by atoms with Crippen molar-refractivity contribution in [1.29, 1.82) is 0 Å². The van der Waals surface area contributed by atoms with Crippen molar-refractivity contribution in [1.82, 2.24) is 0 Å². The molecule has 2 nitrogen and oxygen atoms in total. The largest absolute Gasteiger partial charge is 0.417 e. The van der Waals surface area contributed by atoms with Gasteiger partial charge in [-0.3, -0.25) is 4.79 Å². The van der Waals surface area contributed by atoms with Gasteiger partial charge in [0.25, 0.3) is 0 Å². The molecule has 0 fully saturated rings. The van der Waals surface area contributed by atoms with Crippen LogP contribution in [0.15, 0.2) is 53.0 Å². The van der Waals surface area contributed by atoms with Gasteiger partial charge < -0.3 is 5.32 Å². The maximum Gasteiger partial charge on any atom is 0.417 e. The predicted molar refractivity (Wildman–Crippen MR) is 88.0 cm³/mol. The molecule has 2 rings (SSSR count). The fourth-order valence-corrected chi connectivity index (χ4v) is 2.33. The van der Waals surface area contributed by atoms with E-state index in [1.165, 1.54) is 18.2 Å². The van der Waals surface area contributed by atoms with Crippen molar-refractivity contribution in [2.45, 2.75) is 13.1 Å². The Balaban J connectivity index is 2.10. The van der Waals surface area contributed by atoms with E-state index >= 15 is 0 Å². The molecule has 0 heterocycles. The minimum absolute atomic E-state index is 0.0711. The van der Waals surface area contributed by atoms with E-state index in [2.05, 4.69) is 21.2 Å². The summed E-state index contributed by atoms with van der Waals surface area (Å²) in [6.07, 6.45) is -1.62. The van der Waals surface area contributed by atoms with Crippen molar-refractivity contribution in [3.8, 4) is 0 Å². The van der Waals surface area contributed by atoms with Gasteiger partial charge in [0, 0.05) is 16.2 Å². The second kappa shape index (κ2) is 7.00. The van der Waals surface area contributed by atoms with Crippen LogP contribution in [0.2, 0.25) is 0 Å². The Kier molecular flexibility index (Phi) is 5.26. The molecule has 0 aliphatic carbocycles. The number of carbonyl (C=O) groups is 1. The average Bonchev–Trinajstić information content (AvgIpc) is 2.47. The molecule has 0 bridgehead atoms. The molecule has 23 heavy (non-hydrogen) atoms. The van der Waals surface area contributed by atoms with Crippen LogP contribution in [0, 0.1) is 6.92 Å². The molecule has 0 unspecified atom stereocenters. The van der Waals surface area contributed by atoms with Crippen LogP contribution in [0.5, 0.6) is 0 Å². The van der Waals surface area contributed by atoms with Crippen LogP contribution in [0.25, 0.3) is 6.08 Å². The van der Waals surface area contributed by atoms with E-state index in [9.17, 15) is 18.0 Å². The average molecular weight is 384 g/mol. The Labute approximate surface area is 140 Å². The number of carbonyl (C=O) groups excluding carboxylic acids is 1. The summed E-state index contributed by atoms with van der Waals surface area (Å²) in [4.78, 5) is 11.8. The number of halogens is 4. The molecule has 1 amide bonds. The summed E-state index contributed by atoms with van der Waals surface area (Å²) < 4.78 is 38.4. The van der Waals surface area contributed by atoms with Crippen molar-refractivity contribution in [3.05, 3.63) is 69.7 Å². The highest BCUT2D eigenvalue weighted by atomic mass is 79.9. The summed E-state index contributed by atoms with van der Waals surface area (Å²) in [5.41, 5.74) is 1.18. The summed E-state index contributed by atoms with van der Waals surface area (Å²) in [5, 5.41) is 2.42. The number of nitrogens with one attached hydrogen (secondary N) is 1. The first-order valence-electron chi connectivity index (χ1n) is 6.68. The first-order valence-corrected chi connectivity index (χ1v) is 7.47. The quantitative estimate of drug-likeness (QED) is 0.703. The monoisotopic (exact) mass is 383 g/mol. The molecular formula is C17H13BrF3NO. The third-order valence-corrected chi connectivity index (χ3v) is 3.74. The SMILES string of the molecule is Cc1ccc(/C=C/C(=O)Nc2ccc(Br)c(C(F)(F)F)c2)cc1. The fraction of sp³-hybridized carbons (Fsp3) is 0.118. The van der Waals surface area contributed by atoms with Crippen LogP contribution in [0.4, 0.5) is 18.9 Å². The zero-order valence-electron chi connectivity index (χ0n) is 12.1. The van der Waals surface area contributed by atoms with Gasteiger partial charge in [0.15, 0.2) is 0 Å². The van der Waals surface area contributed by atoms with Crippen LogP contribution in [-0.4, -0.2) is 5.91 Å². The minimum Gasteiger partial charge on any atom is -0.322 e. The Bertz CT molecular complexity index is 736. The maximum atomic E-state index is 12.8. The summed E-state index contributed by atoms with van der Waals surface area (Å²) in [7, 11) is 0. The van der Waals surface area contributed by atoms with E-state index in [1.807, 2.05) is 31.2 Å². The highest BCUT2D eigenvalue weighted by Crippen LogP contribution is 2.36. The zero-order valence-corrected chi connectivity index (χ0v) is 13.7. The molecule has 0 radical (unpaired) electrons. The standard InChI is InChI=1S/C17H13BrF3NO/c1-11-2-4-12(5-3-11)6-9-16(23)22-13-7-8-15(18)14(10-13)17(19,20)21/h2-10H,1H3,(H,22,23)/b9-6+. The molecule has 1 N–H and O–H groups in total. The molecule has 0 saturated carbocycles. The van der Waals surface area contributed by atoms with Crippen LogP contribution >= 0.6 is 15.9 Å². The lowest BCUT2D eigenvalue weighted by Gasteiger charge is -2.11. The van der Waals surface area contributed by atoms with Crippen molar-refractivity contribution >= 4 is 33.6 Å². The van der Waals surface area contributed by atoms with Gasteiger partial charge in [-0.25, -0.2) is 0 Å². The lowest BCUT2D eigenvalue weighted by Crippen LogP contribution is -2.11. The van der Waals surface area contributed by atoms with E-state index in [4.69, 9.17) is 0 Å². The molecule has 0 saturated heterocycles. The number of anilines is 1. The van der Waals surface area contributed by atoms with Gasteiger partial charge >= 0.3 is 6.18 Å². The first kappa shape index (κ1) is 17.3. The molecule has 0 atom stereocenters. The van der Waals surface area contributed by atoms with Crippen LogP contribution in [0.3, 0.4) is 0 Å². The molecule has 120 valence electrons. The molecular weight excluding hydrogens is 371 g/mol. The molecule has 2 aromatic carbocycles. The molecule has 0 aliphatic heterocycles. The maximum absolute atomic E-state index is 12.8. The van der Waals surface area contributed by atoms with Gasteiger partial charge in [0.1, 0.15) is 0 Å². The fourth-order valence-electron chi connectivity index (χ4n) is 1.85. The van der Waals surface area contributed by atoms with Gasteiger partial charge in [-0.15, -0.1) is 0 Å². The number of alkyl halides is 3. The predicted octanol–water partition coefficient (Wildman–Crippen LogP) is 5.43. The first-order chi connectivity index (χ1) is 10.8. The van der Waals surface area contributed by atoms with Crippen molar-refractivity contribution in [2.24, 2.45) is 0 Å². The van der Waals surface area contributed by atoms with Gasteiger partial charge in [0.2, 0.25) is 5.91 Å². The van der Waals surface area contributed by atoms with E-state index in [-0.39, 0.29) is 10.2 Å². The number of amides is 1. The lowest BCUT2D eigenvalue weighted by atomic mass is 10.1. The van der Waals surface area contributed by atoms with E-state index in [1.54, 1.807) is 6.08 Å². The smallest absolute Gasteiger partial charge is 0.322 e. The number of hydrogen-bond donors (Lipinski definition) is 1. The van der Waals surface area contributed by atoms with Gasteiger partial charge in [-0.1, -0.05) is 45.8 Å². The molecule has 0 spiro atoms. The Morgan fingerprint density at radius 1 is 1.13 bits per heavy atom. The summed E-state index contributed by atoms with van der Waals surface area (Å²) in [5.74, 6) is -0.499. The van der Waals surface area contributed by atoms with Gasteiger partial charge in [0.05, 0.1) is 5.56 Å². The van der Waals surface area contributed by atoms with Crippen molar-refractivity contribution in [2.75, 3.05) is 5.32 Å². The third kappa shape index (κ3) is 4.96. The van der Waals surface area contributed by atoms with Crippen LogP contribution < -0.4 is 5.32 Å². The van der Waals surface area contributed by atoms with Gasteiger partial charge in [-0.2, -0.15) is 13.2 Å². The third-order valence-electron chi connectivity index (χ3n) is 3.04. The summed E-state index contributed by atoms with van der Waals surface area (Å²) in [6.45, 7) is 1.95. The normalized spacial score (nSPS) is 11.7. The second-order valence-electron chi connectivity index (χ2n) is 4.93. The minimum atomic E-state index is -4.49. The lowest BCUT2D eigenvalue weighted by molar-refractivity contribution is -0.138. The van der Waals surface area contributed by atoms with Gasteiger partial charge in [-0.05, 0) is 36.8 Å². The molecule has 2 aromatic rings. The second-order valence-corrected chi connectivity index (χ2v) is 5.78. The highest BCUT2D eigenvalue weighted by Gasteiger charge is 2.33. The Morgan fingerprint density at radius 3 is 2.39 bits per heavy atom. The number of benzene rings is 2. The molecule has 6 heteroatoms. The summed E-state index contributed by atoms with van der Waals surface area (Å²) in [6, 6.07) is 11.0. The number of hydrogen-bond acceptors (Lipinski definition) is 1.